The Hall–Kier alpha value is -2.41. The van der Waals surface area contributed by atoms with Crippen molar-refractivity contribution >= 4 is 6.03 Å². The summed E-state index contributed by atoms with van der Waals surface area (Å²) in [5, 5.41) is 9.84. The van der Waals surface area contributed by atoms with E-state index in [1.807, 2.05) is 32.0 Å². The molecule has 0 spiro atoms. The topological polar surface area (TPSA) is 81.1 Å². The Morgan fingerprint density at radius 1 is 1.32 bits per heavy atom. The van der Waals surface area contributed by atoms with Crippen LogP contribution in [-0.4, -0.2) is 41.1 Å². The molecule has 0 atom stereocenters. The summed E-state index contributed by atoms with van der Waals surface area (Å²) in [4.78, 5) is 15.9. The number of nitrogens with zero attached hydrogens (tertiary/aromatic N) is 3. The highest BCUT2D eigenvalue weighted by molar-refractivity contribution is 5.73. The average molecular weight is 303 g/mol. The Morgan fingerprint density at radius 2 is 2.14 bits per heavy atom. The molecule has 22 heavy (non-hydrogen) atoms. The van der Waals surface area contributed by atoms with E-state index >= 15 is 0 Å². The van der Waals surface area contributed by atoms with Crippen molar-refractivity contribution in [2.75, 3.05) is 20.3 Å². The van der Waals surface area contributed by atoms with Crippen molar-refractivity contribution in [2.45, 2.75) is 20.4 Å². The summed E-state index contributed by atoms with van der Waals surface area (Å²) in [6.45, 7) is 5.33. The SMILES string of the molecule is COCCNC(=O)NCc1ccc(-n2nc(C)cc2C)nc1. The first kappa shape index (κ1) is 16.0. The van der Waals surface area contributed by atoms with Gasteiger partial charge in [0.2, 0.25) is 0 Å². The monoisotopic (exact) mass is 303 g/mol. The standard InChI is InChI=1S/C15H21N5O2/c1-11-8-12(2)20(19-11)14-5-4-13(9-17-14)10-18-15(21)16-6-7-22-3/h4-5,8-9H,6-7,10H2,1-3H3,(H2,16,18,21). The zero-order valence-corrected chi connectivity index (χ0v) is 13.1. The Labute approximate surface area is 129 Å². The molecule has 0 fully saturated rings. The van der Waals surface area contributed by atoms with E-state index in [1.54, 1.807) is 18.0 Å². The minimum absolute atomic E-state index is 0.223. The molecule has 2 rings (SSSR count). The van der Waals surface area contributed by atoms with Gasteiger partial charge in [0, 0.05) is 32.1 Å². The Bertz CT molecular complexity index is 621. The van der Waals surface area contributed by atoms with Crippen LogP contribution < -0.4 is 10.6 Å². The van der Waals surface area contributed by atoms with Crippen molar-refractivity contribution in [1.82, 2.24) is 25.4 Å². The van der Waals surface area contributed by atoms with Gasteiger partial charge in [0.15, 0.2) is 5.82 Å². The van der Waals surface area contributed by atoms with Gasteiger partial charge in [-0.1, -0.05) is 6.07 Å². The quantitative estimate of drug-likeness (QED) is 0.789. The number of aromatic nitrogens is 3. The van der Waals surface area contributed by atoms with Gasteiger partial charge < -0.3 is 15.4 Å². The third kappa shape index (κ3) is 4.29. The second-order valence-corrected chi connectivity index (χ2v) is 4.97. The second-order valence-electron chi connectivity index (χ2n) is 4.97. The molecule has 0 saturated heterocycles. The fourth-order valence-electron chi connectivity index (χ4n) is 2.02. The molecule has 7 heteroatoms. The summed E-state index contributed by atoms with van der Waals surface area (Å²) in [5.41, 5.74) is 2.92. The molecule has 0 aliphatic carbocycles. The molecule has 2 aromatic rings. The molecule has 0 aromatic carbocycles. The van der Waals surface area contributed by atoms with Crippen LogP contribution in [0.15, 0.2) is 24.4 Å². The molecule has 2 amide bonds. The van der Waals surface area contributed by atoms with Crippen molar-refractivity contribution in [2.24, 2.45) is 0 Å². The second kappa shape index (κ2) is 7.56. The highest BCUT2D eigenvalue weighted by atomic mass is 16.5. The van der Waals surface area contributed by atoms with Crippen LogP contribution in [0.4, 0.5) is 4.79 Å². The minimum atomic E-state index is -0.223. The Balaban J connectivity index is 1.89. The summed E-state index contributed by atoms with van der Waals surface area (Å²) < 4.78 is 6.66. The van der Waals surface area contributed by atoms with Gasteiger partial charge in [-0.05, 0) is 31.5 Å². The number of ether oxygens (including phenoxy) is 1. The first-order chi connectivity index (χ1) is 10.6. The maximum Gasteiger partial charge on any atom is 0.315 e. The largest absolute Gasteiger partial charge is 0.383 e. The first-order valence-corrected chi connectivity index (χ1v) is 7.09. The van der Waals surface area contributed by atoms with Crippen LogP contribution in [0.1, 0.15) is 17.0 Å². The van der Waals surface area contributed by atoms with Gasteiger partial charge >= 0.3 is 6.03 Å². The smallest absolute Gasteiger partial charge is 0.315 e. The molecule has 118 valence electrons. The van der Waals surface area contributed by atoms with Crippen LogP contribution in [0.3, 0.4) is 0 Å². The zero-order chi connectivity index (χ0) is 15.9. The summed E-state index contributed by atoms with van der Waals surface area (Å²) in [7, 11) is 1.59. The normalized spacial score (nSPS) is 10.5. The number of amides is 2. The van der Waals surface area contributed by atoms with Crippen LogP contribution >= 0.6 is 0 Å². The lowest BCUT2D eigenvalue weighted by molar-refractivity contribution is 0.196. The lowest BCUT2D eigenvalue weighted by atomic mass is 10.3. The number of hydrogen-bond donors (Lipinski definition) is 2. The molecule has 0 radical (unpaired) electrons. The van der Waals surface area contributed by atoms with Crippen LogP contribution in [-0.2, 0) is 11.3 Å². The van der Waals surface area contributed by atoms with Crippen molar-refractivity contribution in [3.05, 3.63) is 41.3 Å². The summed E-state index contributed by atoms with van der Waals surface area (Å²) in [6.07, 6.45) is 1.74. The maximum atomic E-state index is 11.5. The zero-order valence-electron chi connectivity index (χ0n) is 13.1. The molecular formula is C15H21N5O2. The van der Waals surface area contributed by atoms with Crippen LogP contribution in [0.2, 0.25) is 0 Å². The van der Waals surface area contributed by atoms with E-state index in [9.17, 15) is 4.79 Å². The lowest BCUT2D eigenvalue weighted by Crippen LogP contribution is -2.36. The number of carbonyl (C=O) groups is 1. The van der Waals surface area contributed by atoms with Gasteiger partial charge in [0.05, 0.1) is 12.3 Å². The number of methoxy groups -OCH3 is 1. The van der Waals surface area contributed by atoms with Crippen LogP contribution in [0, 0.1) is 13.8 Å². The van der Waals surface area contributed by atoms with E-state index in [1.165, 1.54) is 0 Å². The van der Waals surface area contributed by atoms with E-state index in [0.29, 0.717) is 19.7 Å². The van der Waals surface area contributed by atoms with Crippen LogP contribution in [0.5, 0.6) is 0 Å². The van der Waals surface area contributed by atoms with E-state index < -0.39 is 0 Å². The molecular weight excluding hydrogens is 282 g/mol. The molecule has 2 N–H and O–H groups in total. The minimum Gasteiger partial charge on any atom is -0.383 e. The third-order valence-corrected chi connectivity index (χ3v) is 3.08. The average Bonchev–Trinajstić information content (AvgIpc) is 2.85. The summed E-state index contributed by atoms with van der Waals surface area (Å²) >= 11 is 0. The predicted octanol–water partition coefficient (Wildman–Crippen LogP) is 1.33. The van der Waals surface area contributed by atoms with Gasteiger partial charge in [-0.3, -0.25) is 0 Å². The molecule has 2 aromatic heterocycles. The molecule has 0 saturated carbocycles. The highest BCUT2D eigenvalue weighted by Crippen LogP contribution is 2.10. The molecule has 0 bridgehead atoms. The molecule has 0 aliphatic heterocycles. The number of rotatable bonds is 6. The number of urea groups is 1. The maximum absolute atomic E-state index is 11.5. The van der Waals surface area contributed by atoms with Gasteiger partial charge in [0.25, 0.3) is 0 Å². The third-order valence-electron chi connectivity index (χ3n) is 3.08. The Kier molecular flexibility index (Phi) is 5.48. The molecule has 7 nitrogen and oxygen atoms in total. The van der Waals surface area contributed by atoms with E-state index in [0.717, 1.165) is 22.8 Å². The van der Waals surface area contributed by atoms with Crippen molar-refractivity contribution in [3.8, 4) is 5.82 Å². The number of pyridine rings is 1. The number of nitrogens with one attached hydrogen (secondary N) is 2. The van der Waals surface area contributed by atoms with Gasteiger partial charge in [0.1, 0.15) is 0 Å². The summed E-state index contributed by atoms with van der Waals surface area (Å²) in [5.74, 6) is 0.763. The highest BCUT2D eigenvalue weighted by Gasteiger charge is 2.05. The first-order valence-electron chi connectivity index (χ1n) is 7.09. The van der Waals surface area contributed by atoms with Crippen molar-refractivity contribution in [1.29, 1.82) is 0 Å². The number of carbonyl (C=O) groups excluding carboxylic acids is 1. The van der Waals surface area contributed by atoms with Crippen molar-refractivity contribution < 1.29 is 9.53 Å². The number of aryl methyl sites for hydroxylation is 2. The van der Waals surface area contributed by atoms with E-state index in [4.69, 9.17) is 4.74 Å². The lowest BCUT2D eigenvalue weighted by Gasteiger charge is -2.08. The summed E-state index contributed by atoms with van der Waals surface area (Å²) in [6, 6.07) is 5.59. The Morgan fingerprint density at radius 3 is 2.73 bits per heavy atom. The van der Waals surface area contributed by atoms with Gasteiger partial charge in [-0.15, -0.1) is 0 Å². The number of hydrogen-bond acceptors (Lipinski definition) is 4. The van der Waals surface area contributed by atoms with Gasteiger partial charge in [-0.25, -0.2) is 14.5 Å². The van der Waals surface area contributed by atoms with E-state index in [2.05, 4.69) is 20.7 Å². The molecule has 0 unspecified atom stereocenters. The van der Waals surface area contributed by atoms with E-state index in [-0.39, 0.29) is 6.03 Å². The predicted molar refractivity (Wildman–Crippen MR) is 82.9 cm³/mol. The van der Waals surface area contributed by atoms with Gasteiger partial charge in [-0.2, -0.15) is 5.10 Å². The molecule has 2 heterocycles. The molecule has 0 aliphatic rings. The van der Waals surface area contributed by atoms with Crippen molar-refractivity contribution in [3.63, 3.8) is 0 Å². The van der Waals surface area contributed by atoms with Crippen LogP contribution in [0.25, 0.3) is 5.82 Å². The fourth-order valence-corrected chi connectivity index (χ4v) is 2.02. The fraction of sp³-hybridized carbons (Fsp3) is 0.400.